The maximum absolute atomic E-state index is 5.46. The molecule has 0 bridgehead atoms. The fourth-order valence-electron chi connectivity index (χ4n) is 1.21. The lowest BCUT2D eigenvalue weighted by Crippen LogP contribution is -2.07. The zero-order chi connectivity index (χ0) is 10.9. The minimum Gasteiger partial charge on any atom is -0.382 e. The number of nitrogens with zero attached hydrogens (tertiary/aromatic N) is 2. The Kier molecular flexibility index (Phi) is 5.99. The van der Waals surface area contributed by atoms with Gasteiger partial charge in [-0.05, 0) is 12.5 Å². The fraction of sp³-hybridized carbons (Fsp3) is 0.700. The van der Waals surface area contributed by atoms with Crippen LogP contribution in [0, 0.1) is 0 Å². The summed E-state index contributed by atoms with van der Waals surface area (Å²) in [5.41, 5.74) is 6.38. The van der Waals surface area contributed by atoms with Crippen LogP contribution in [0.4, 0.5) is 0 Å². The summed E-state index contributed by atoms with van der Waals surface area (Å²) < 4.78 is 12.1. The smallest absolute Gasteiger partial charge is 0.0760 e. The number of ether oxygens (including phenoxy) is 2. The van der Waals surface area contributed by atoms with Gasteiger partial charge in [-0.15, -0.1) is 0 Å². The standard InChI is InChI=1S/C10H19N3O2/c1-14-7-8-15-6-2-4-13-5-3-10(9-11)12-13/h3,5H,2,4,6-9,11H2,1H3. The van der Waals surface area contributed by atoms with Gasteiger partial charge < -0.3 is 15.2 Å². The molecule has 0 radical (unpaired) electrons. The average Bonchev–Trinajstić information content (AvgIpc) is 2.71. The van der Waals surface area contributed by atoms with E-state index < -0.39 is 0 Å². The van der Waals surface area contributed by atoms with Gasteiger partial charge in [-0.25, -0.2) is 0 Å². The maximum Gasteiger partial charge on any atom is 0.0760 e. The molecule has 1 aromatic heterocycles. The summed E-state index contributed by atoms with van der Waals surface area (Å²) in [6.45, 7) is 3.41. The van der Waals surface area contributed by atoms with Crippen LogP contribution in [0.3, 0.4) is 0 Å². The lowest BCUT2D eigenvalue weighted by Gasteiger charge is -2.03. The second-order valence-corrected chi connectivity index (χ2v) is 3.23. The molecule has 1 aromatic rings. The van der Waals surface area contributed by atoms with Crippen LogP contribution in [-0.4, -0.2) is 36.7 Å². The van der Waals surface area contributed by atoms with E-state index in [0.717, 1.165) is 25.3 Å². The highest BCUT2D eigenvalue weighted by molar-refractivity contribution is 4.97. The van der Waals surface area contributed by atoms with Crippen LogP contribution < -0.4 is 5.73 Å². The minimum absolute atomic E-state index is 0.497. The van der Waals surface area contributed by atoms with Gasteiger partial charge in [0.1, 0.15) is 0 Å². The lowest BCUT2D eigenvalue weighted by molar-refractivity contribution is 0.0677. The van der Waals surface area contributed by atoms with Crippen molar-refractivity contribution in [3.63, 3.8) is 0 Å². The van der Waals surface area contributed by atoms with Crippen molar-refractivity contribution in [2.24, 2.45) is 5.73 Å². The Hall–Kier alpha value is -0.910. The average molecular weight is 213 g/mol. The van der Waals surface area contributed by atoms with Crippen LogP contribution in [0.1, 0.15) is 12.1 Å². The largest absolute Gasteiger partial charge is 0.382 e. The monoisotopic (exact) mass is 213 g/mol. The number of aromatic nitrogens is 2. The molecule has 1 heterocycles. The molecule has 0 unspecified atom stereocenters. The Bertz CT molecular complexity index is 263. The van der Waals surface area contributed by atoms with Crippen LogP contribution in [-0.2, 0) is 22.6 Å². The van der Waals surface area contributed by atoms with E-state index in [1.165, 1.54) is 0 Å². The maximum atomic E-state index is 5.46. The van der Waals surface area contributed by atoms with E-state index in [4.69, 9.17) is 15.2 Å². The van der Waals surface area contributed by atoms with Crippen molar-refractivity contribution < 1.29 is 9.47 Å². The van der Waals surface area contributed by atoms with E-state index in [9.17, 15) is 0 Å². The van der Waals surface area contributed by atoms with Crippen molar-refractivity contribution in [3.8, 4) is 0 Å². The third-order valence-corrected chi connectivity index (χ3v) is 2.01. The molecule has 0 atom stereocenters. The van der Waals surface area contributed by atoms with E-state index in [0.29, 0.717) is 19.8 Å². The first-order valence-corrected chi connectivity index (χ1v) is 5.16. The third kappa shape index (κ3) is 4.92. The molecule has 86 valence electrons. The van der Waals surface area contributed by atoms with Crippen molar-refractivity contribution in [2.75, 3.05) is 26.9 Å². The first-order chi connectivity index (χ1) is 7.36. The van der Waals surface area contributed by atoms with Gasteiger partial charge in [-0.1, -0.05) is 0 Å². The molecular formula is C10H19N3O2. The highest BCUT2D eigenvalue weighted by Crippen LogP contribution is 1.96. The Morgan fingerprint density at radius 2 is 2.27 bits per heavy atom. The molecule has 1 rings (SSSR count). The number of rotatable bonds is 8. The van der Waals surface area contributed by atoms with Crippen molar-refractivity contribution in [2.45, 2.75) is 19.5 Å². The van der Waals surface area contributed by atoms with Crippen LogP contribution in [0.5, 0.6) is 0 Å². The van der Waals surface area contributed by atoms with Gasteiger partial charge in [0.15, 0.2) is 0 Å². The highest BCUT2D eigenvalue weighted by Gasteiger charge is 1.96. The van der Waals surface area contributed by atoms with E-state index in [1.54, 1.807) is 7.11 Å². The fourth-order valence-corrected chi connectivity index (χ4v) is 1.21. The first-order valence-electron chi connectivity index (χ1n) is 5.16. The molecule has 0 saturated heterocycles. The summed E-state index contributed by atoms with van der Waals surface area (Å²) in [7, 11) is 1.67. The SMILES string of the molecule is COCCOCCCn1ccc(CN)n1. The number of methoxy groups -OCH3 is 1. The van der Waals surface area contributed by atoms with E-state index in [2.05, 4.69) is 5.10 Å². The predicted molar refractivity (Wildman–Crippen MR) is 57.4 cm³/mol. The van der Waals surface area contributed by atoms with E-state index in [-0.39, 0.29) is 0 Å². The number of aryl methyl sites for hydroxylation is 1. The van der Waals surface area contributed by atoms with Crippen LogP contribution >= 0.6 is 0 Å². The van der Waals surface area contributed by atoms with E-state index >= 15 is 0 Å². The van der Waals surface area contributed by atoms with Crippen molar-refractivity contribution >= 4 is 0 Å². The number of hydrogen-bond acceptors (Lipinski definition) is 4. The molecule has 2 N–H and O–H groups in total. The molecule has 0 aliphatic carbocycles. The van der Waals surface area contributed by atoms with Gasteiger partial charge in [-0.3, -0.25) is 4.68 Å². The minimum atomic E-state index is 0.497. The Morgan fingerprint density at radius 1 is 1.40 bits per heavy atom. The summed E-state index contributed by atoms with van der Waals surface area (Å²) in [4.78, 5) is 0. The molecule has 5 nitrogen and oxygen atoms in total. The summed E-state index contributed by atoms with van der Waals surface area (Å²) in [5.74, 6) is 0. The summed E-state index contributed by atoms with van der Waals surface area (Å²) >= 11 is 0. The molecule has 0 amide bonds. The van der Waals surface area contributed by atoms with Gasteiger partial charge in [-0.2, -0.15) is 5.10 Å². The van der Waals surface area contributed by atoms with Crippen molar-refractivity contribution in [3.05, 3.63) is 18.0 Å². The van der Waals surface area contributed by atoms with Crippen molar-refractivity contribution in [1.82, 2.24) is 9.78 Å². The summed E-state index contributed by atoms with van der Waals surface area (Å²) in [5, 5.41) is 4.27. The molecule has 15 heavy (non-hydrogen) atoms. The summed E-state index contributed by atoms with van der Waals surface area (Å²) in [6, 6.07) is 1.94. The summed E-state index contributed by atoms with van der Waals surface area (Å²) in [6.07, 6.45) is 2.90. The van der Waals surface area contributed by atoms with Crippen LogP contribution in [0.15, 0.2) is 12.3 Å². The van der Waals surface area contributed by atoms with Crippen molar-refractivity contribution in [1.29, 1.82) is 0 Å². The molecule has 0 aromatic carbocycles. The molecule has 0 aliphatic rings. The second-order valence-electron chi connectivity index (χ2n) is 3.23. The van der Waals surface area contributed by atoms with Gasteiger partial charge in [0.25, 0.3) is 0 Å². The molecule has 0 aliphatic heterocycles. The Balaban J connectivity index is 2.04. The van der Waals surface area contributed by atoms with Gasteiger partial charge >= 0.3 is 0 Å². The topological polar surface area (TPSA) is 62.3 Å². The number of nitrogens with two attached hydrogens (primary N) is 1. The Morgan fingerprint density at radius 3 is 2.93 bits per heavy atom. The quantitative estimate of drug-likeness (QED) is 0.635. The molecule has 0 spiro atoms. The normalized spacial score (nSPS) is 10.8. The lowest BCUT2D eigenvalue weighted by atomic mass is 10.4. The van der Waals surface area contributed by atoms with Gasteiger partial charge in [0, 0.05) is 33.0 Å². The van der Waals surface area contributed by atoms with Crippen LogP contribution in [0.2, 0.25) is 0 Å². The zero-order valence-corrected chi connectivity index (χ0v) is 9.19. The van der Waals surface area contributed by atoms with Gasteiger partial charge in [0.05, 0.1) is 18.9 Å². The van der Waals surface area contributed by atoms with Crippen LogP contribution in [0.25, 0.3) is 0 Å². The molecule has 0 fully saturated rings. The molecular weight excluding hydrogens is 194 g/mol. The van der Waals surface area contributed by atoms with E-state index in [1.807, 2.05) is 16.9 Å². The predicted octanol–water partition coefficient (Wildman–Crippen LogP) is 0.395. The third-order valence-electron chi connectivity index (χ3n) is 2.01. The number of hydrogen-bond donors (Lipinski definition) is 1. The highest BCUT2D eigenvalue weighted by atomic mass is 16.5. The first kappa shape index (κ1) is 12.2. The molecule has 0 saturated carbocycles. The zero-order valence-electron chi connectivity index (χ0n) is 9.19. The van der Waals surface area contributed by atoms with Gasteiger partial charge in [0.2, 0.25) is 0 Å². The Labute approximate surface area is 90.2 Å². The molecule has 5 heteroatoms. The second kappa shape index (κ2) is 7.39.